The van der Waals surface area contributed by atoms with Gasteiger partial charge in [0.15, 0.2) is 0 Å². The van der Waals surface area contributed by atoms with Gasteiger partial charge >= 0.3 is 0 Å². The van der Waals surface area contributed by atoms with Crippen molar-refractivity contribution in [1.82, 2.24) is 0 Å². The largest absolute Gasteiger partial charge is 0.396 e. The Bertz CT molecular complexity index is 317. The SMILES string of the molecule is CC(N)c1ccc(Br)cc1SCCCO. The summed E-state index contributed by atoms with van der Waals surface area (Å²) in [5, 5.41) is 8.73. The molecule has 0 bridgehead atoms. The summed E-state index contributed by atoms with van der Waals surface area (Å²) in [5.74, 6) is 0.923. The van der Waals surface area contributed by atoms with E-state index in [-0.39, 0.29) is 12.6 Å². The maximum atomic E-state index is 8.73. The fourth-order valence-electron chi connectivity index (χ4n) is 1.26. The van der Waals surface area contributed by atoms with E-state index in [1.165, 1.54) is 10.5 Å². The molecule has 84 valence electrons. The van der Waals surface area contributed by atoms with Gasteiger partial charge in [-0.3, -0.25) is 0 Å². The van der Waals surface area contributed by atoms with E-state index in [9.17, 15) is 0 Å². The van der Waals surface area contributed by atoms with Gasteiger partial charge in [-0.15, -0.1) is 11.8 Å². The van der Waals surface area contributed by atoms with Crippen LogP contribution in [-0.4, -0.2) is 17.5 Å². The van der Waals surface area contributed by atoms with Crippen LogP contribution in [0.25, 0.3) is 0 Å². The average molecular weight is 290 g/mol. The van der Waals surface area contributed by atoms with E-state index >= 15 is 0 Å². The van der Waals surface area contributed by atoms with Crippen molar-refractivity contribution >= 4 is 27.7 Å². The maximum Gasteiger partial charge on any atom is 0.0439 e. The molecule has 1 rings (SSSR count). The number of benzene rings is 1. The van der Waals surface area contributed by atoms with E-state index in [4.69, 9.17) is 10.8 Å². The van der Waals surface area contributed by atoms with Crippen molar-refractivity contribution in [2.45, 2.75) is 24.3 Å². The van der Waals surface area contributed by atoms with Crippen molar-refractivity contribution < 1.29 is 5.11 Å². The number of hydrogen-bond acceptors (Lipinski definition) is 3. The van der Waals surface area contributed by atoms with Crippen molar-refractivity contribution in [3.8, 4) is 0 Å². The van der Waals surface area contributed by atoms with E-state index in [0.717, 1.165) is 16.6 Å². The number of rotatable bonds is 5. The van der Waals surface area contributed by atoms with Gasteiger partial charge in [0.05, 0.1) is 0 Å². The highest BCUT2D eigenvalue weighted by molar-refractivity contribution is 9.10. The Labute approximate surface area is 103 Å². The Morgan fingerprint density at radius 2 is 2.27 bits per heavy atom. The zero-order valence-electron chi connectivity index (χ0n) is 8.74. The molecule has 1 aromatic carbocycles. The summed E-state index contributed by atoms with van der Waals surface area (Å²) in [6.07, 6.45) is 0.815. The molecule has 0 aliphatic heterocycles. The predicted molar refractivity (Wildman–Crippen MR) is 69.2 cm³/mol. The van der Waals surface area contributed by atoms with Gasteiger partial charge in [-0.25, -0.2) is 0 Å². The smallest absolute Gasteiger partial charge is 0.0439 e. The first-order valence-corrected chi connectivity index (χ1v) is 6.71. The summed E-state index contributed by atoms with van der Waals surface area (Å²) in [7, 11) is 0. The second-order valence-corrected chi connectivity index (χ2v) is 5.45. The zero-order valence-corrected chi connectivity index (χ0v) is 11.1. The topological polar surface area (TPSA) is 46.2 Å². The minimum Gasteiger partial charge on any atom is -0.396 e. The van der Waals surface area contributed by atoms with Crippen molar-refractivity contribution in [3.63, 3.8) is 0 Å². The lowest BCUT2D eigenvalue weighted by Crippen LogP contribution is -2.06. The molecule has 3 N–H and O–H groups in total. The first-order valence-electron chi connectivity index (χ1n) is 4.94. The third-order valence-electron chi connectivity index (χ3n) is 2.03. The van der Waals surface area contributed by atoms with Gasteiger partial charge in [-0.1, -0.05) is 22.0 Å². The predicted octanol–water partition coefficient (Wildman–Crippen LogP) is 2.94. The molecule has 0 aliphatic carbocycles. The van der Waals surface area contributed by atoms with Crippen molar-refractivity contribution in [2.24, 2.45) is 5.73 Å². The summed E-state index contributed by atoms with van der Waals surface area (Å²) in [5.41, 5.74) is 7.06. The molecule has 1 unspecified atom stereocenters. The molecule has 0 saturated carbocycles. The molecule has 0 aromatic heterocycles. The van der Waals surface area contributed by atoms with Crippen LogP contribution in [-0.2, 0) is 0 Å². The van der Waals surface area contributed by atoms with Gasteiger partial charge in [0.1, 0.15) is 0 Å². The van der Waals surface area contributed by atoms with E-state index in [1.807, 2.05) is 13.0 Å². The average Bonchev–Trinajstić information content (AvgIpc) is 2.18. The molecule has 0 spiro atoms. The Morgan fingerprint density at radius 1 is 1.53 bits per heavy atom. The Morgan fingerprint density at radius 3 is 2.87 bits per heavy atom. The van der Waals surface area contributed by atoms with Crippen LogP contribution in [0.2, 0.25) is 0 Å². The Hall–Kier alpha value is -0.0300. The van der Waals surface area contributed by atoms with Crippen LogP contribution in [0.15, 0.2) is 27.6 Å². The summed E-state index contributed by atoms with van der Waals surface area (Å²) in [6.45, 7) is 2.23. The minimum atomic E-state index is 0.0507. The second kappa shape index (κ2) is 6.53. The van der Waals surface area contributed by atoms with Gasteiger partial charge < -0.3 is 10.8 Å². The van der Waals surface area contributed by atoms with Gasteiger partial charge in [0.25, 0.3) is 0 Å². The lowest BCUT2D eigenvalue weighted by atomic mass is 10.1. The molecule has 0 heterocycles. The highest BCUT2D eigenvalue weighted by Crippen LogP contribution is 2.29. The quantitative estimate of drug-likeness (QED) is 0.647. The van der Waals surface area contributed by atoms with Crippen molar-refractivity contribution in [1.29, 1.82) is 0 Å². The van der Waals surface area contributed by atoms with Crippen LogP contribution in [0, 0.1) is 0 Å². The second-order valence-electron chi connectivity index (χ2n) is 3.40. The first kappa shape index (κ1) is 13.0. The first-order chi connectivity index (χ1) is 7.15. The fraction of sp³-hybridized carbons (Fsp3) is 0.455. The third-order valence-corrected chi connectivity index (χ3v) is 3.68. The van der Waals surface area contributed by atoms with Crippen molar-refractivity contribution in [2.75, 3.05) is 12.4 Å². The lowest BCUT2D eigenvalue weighted by molar-refractivity contribution is 0.296. The van der Waals surface area contributed by atoms with Crippen molar-refractivity contribution in [3.05, 3.63) is 28.2 Å². The molecule has 2 nitrogen and oxygen atoms in total. The lowest BCUT2D eigenvalue weighted by Gasteiger charge is -2.12. The summed E-state index contributed by atoms with van der Waals surface area (Å²) in [4.78, 5) is 1.20. The normalized spacial score (nSPS) is 12.8. The van der Waals surface area contributed by atoms with E-state index < -0.39 is 0 Å². The van der Waals surface area contributed by atoms with Crippen LogP contribution >= 0.6 is 27.7 Å². The maximum absolute atomic E-state index is 8.73. The summed E-state index contributed by atoms with van der Waals surface area (Å²) >= 11 is 5.19. The molecule has 0 amide bonds. The number of thioether (sulfide) groups is 1. The Balaban J connectivity index is 2.77. The third kappa shape index (κ3) is 4.15. The molecular weight excluding hydrogens is 274 g/mol. The van der Waals surface area contributed by atoms with Gasteiger partial charge in [0.2, 0.25) is 0 Å². The Kier molecular flexibility index (Phi) is 5.68. The monoisotopic (exact) mass is 289 g/mol. The number of aliphatic hydroxyl groups excluding tert-OH is 1. The number of hydrogen-bond donors (Lipinski definition) is 2. The van der Waals surface area contributed by atoms with Crippen LogP contribution in [0.4, 0.5) is 0 Å². The van der Waals surface area contributed by atoms with Crippen LogP contribution in [0.5, 0.6) is 0 Å². The number of halogens is 1. The van der Waals surface area contributed by atoms with Crippen LogP contribution in [0.3, 0.4) is 0 Å². The molecule has 1 aromatic rings. The minimum absolute atomic E-state index is 0.0507. The fourth-order valence-corrected chi connectivity index (χ4v) is 2.89. The van der Waals surface area contributed by atoms with E-state index in [2.05, 4.69) is 28.1 Å². The highest BCUT2D eigenvalue weighted by Gasteiger charge is 2.07. The number of nitrogens with two attached hydrogens (primary N) is 1. The van der Waals surface area contributed by atoms with Gasteiger partial charge in [0, 0.05) is 27.8 Å². The highest BCUT2D eigenvalue weighted by atomic mass is 79.9. The van der Waals surface area contributed by atoms with E-state index in [0.29, 0.717) is 0 Å². The molecular formula is C11H16BrNOS. The molecule has 0 radical (unpaired) electrons. The van der Waals surface area contributed by atoms with Gasteiger partial charge in [-0.05, 0) is 31.0 Å². The van der Waals surface area contributed by atoms with E-state index in [1.54, 1.807) is 11.8 Å². The summed E-state index contributed by atoms with van der Waals surface area (Å²) in [6, 6.07) is 6.20. The van der Waals surface area contributed by atoms with Crippen LogP contribution in [0.1, 0.15) is 24.9 Å². The van der Waals surface area contributed by atoms with Gasteiger partial charge in [-0.2, -0.15) is 0 Å². The molecule has 4 heteroatoms. The molecule has 15 heavy (non-hydrogen) atoms. The standard InChI is InChI=1S/C11H16BrNOS/c1-8(13)10-4-3-9(12)7-11(10)15-6-2-5-14/h3-4,7-8,14H,2,5-6,13H2,1H3. The molecule has 0 aliphatic rings. The molecule has 1 atom stereocenters. The number of aliphatic hydroxyl groups is 1. The van der Waals surface area contributed by atoms with Crippen LogP contribution < -0.4 is 5.73 Å². The molecule has 0 saturated heterocycles. The zero-order chi connectivity index (χ0) is 11.3. The summed E-state index contributed by atoms with van der Waals surface area (Å²) < 4.78 is 1.07. The molecule has 0 fully saturated rings.